The van der Waals surface area contributed by atoms with Crippen molar-refractivity contribution < 1.29 is 4.74 Å². The minimum Gasteiger partial charge on any atom is -0.486 e. The van der Waals surface area contributed by atoms with E-state index < -0.39 is 0 Å². The predicted octanol–water partition coefficient (Wildman–Crippen LogP) is 3.63. The Morgan fingerprint density at radius 1 is 1.42 bits per heavy atom. The second-order valence-electron chi connectivity index (χ2n) is 4.62. The third-order valence-corrected chi connectivity index (χ3v) is 4.11. The van der Waals surface area contributed by atoms with Gasteiger partial charge in [0.25, 0.3) is 0 Å². The van der Waals surface area contributed by atoms with E-state index in [1.807, 2.05) is 30.5 Å². The van der Waals surface area contributed by atoms with Gasteiger partial charge in [0.1, 0.15) is 17.4 Å². The largest absolute Gasteiger partial charge is 0.486 e. The predicted molar refractivity (Wildman–Crippen MR) is 77.8 cm³/mol. The first-order valence-corrected chi connectivity index (χ1v) is 7.54. The van der Waals surface area contributed by atoms with Crippen LogP contribution in [-0.4, -0.2) is 11.0 Å². The van der Waals surface area contributed by atoms with Crippen molar-refractivity contribution in [2.75, 3.05) is 0 Å². The highest BCUT2D eigenvalue weighted by Crippen LogP contribution is 2.22. The summed E-state index contributed by atoms with van der Waals surface area (Å²) in [4.78, 5) is 5.63. The normalized spacial score (nSPS) is 14.6. The van der Waals surface area contributed by atoms with Crippen LogP contribution in [0.25, 0.3) is 0 Å². The molecule has 1 aromatic carbocycles. The van der Waals surface area contributed by atoms with Gasteiger partial charge in [0.2, 0.25) is 0 Å². The van der Waals surface area contributed by atoms with Crippen LogP contribution in [0.4, 0.5) is 0 Å². The maximum atomic E-state index is 5.91. The van der Waals surface area contributed by atoms with Gasteiger partial charge in [-0.1, -0.05) is 17.7 Å². The SMILES string of the molecule is Clc1cccc(OCc2ncc(CNC3CC3)s2)c1. The number of thiazole rings is 1. The second-order valence-corrected chi connectivity index (χ2v) is 6.26. The minimum atomic E-state index is 0.494. The van der Waals surface area contributed by atoms with Crippen LogP contribution in [0, 0.1) is 0 Å². The molecule has 0 amide bonds. The van der Waals surface area contributed by atoms with Gasteiger partial charge in [0.15, 0.2) is 0 Å². The molecule has 1 fully saturated rings. The van der Waals surface area contributed by atoms with Gasteiger partial charge in [-0.3, -0.25) is 0 Å². The van der Waals surface area contributed by atoms with Gasteiger partial charge >= 0.3 is 0 Å². The van der Waals surface area contributed by atoms with E-state index in [2.05, 4.69) is 10.3 Å². The van der Waals surface area contributed by atoms with Gasteiger partial charge < -0.3 is 10.1 Å². The molecule has 3 nitrogen and oxygen atoms in total. The molecule has 19 heavy (non-hydrogen) atoms. The van der Waals surface area contributed by atoms with E-state index >= 15 is 0 Å². The van der Waals surface area contributed by atoms with E-state index in [-0.39, 0.29) is 0 Å². The average molecular weight is 295 g/mol. The maximum Gasteiger partial charge on any atom is 0.140 e. The number of nitrogens with one attached hydrogen (secondary N) is 1. The van der Waals surface area contributed by atoms with Gasteiger partial charge in [-0.15, -0.1) is 11.3 Å². The topological polar surface area (TPSA) is 34.1 Å². The fourth-order valence-corrected chi connectivity index (χ4v) is 2.70. The molecule has 0 unspecified atom stereocenters. The number of nitrogens with zero attached hydrogens (tertiary/aromatic N) is 1. The lowest BCUT2D eigenvalue weighted by molar-refractivity contribution is 0.305. The first-order valence-electron chi connectivity index (χ1n) is 6.35. The van der Waals surface area contributed by atoms with E-state index in [1.54, 1.807) is 11.3 Å². The molecule has 100 valence electrons. The Morgan fingerprint density at radius 3 is 3.11 bits per heavy atom. The number of ether oxygens (including phenoxy) is 1. The number of benzene rings is 1. The van der Waals surface area contributed by atoms with Crippen LogP contribution in [0.3, 0.4) is 0 Å². The van der Waals surface area contributed by atoms with Crippen LogP contribution in [-0.2, 0) is 13.2 Å². The highest BCUT2D eigenvalue weighted by Gasteiger charge is 2.20. The summed E-state index contributed by atoms with van der Waals surface area (Å²) in [7, 11) is 0. The fourth-order valence-electron chi connectivity index (χ4n) is 1.73. The first kappa shape index (κ1) is 12.9. The van der Waals surface area contributed by atoms with Crippen LogP contribution in [0.2, 0.25) is 5.02 Å². The molecule has 1 aliphatic carbocycles. The lowest BCUT2D eigenvalue weighted by atomic mass is 10.3. The molecule has 0 radical (unpaired) electrons. The van der Waals surface area contributed by atoms with E-state index in [1.165, 1.54) is 17.7 Å². The third kappa shape index (κ3) is 3.93. The molecule has 0 saturated heterocycles. The van der Waals surface area contributed by atoms with Crippen LogP contribution in [0.15, 0.2) is 30.5 Å². The molecule has 0 aliphatic heterocycles. The molecular formula is C14H15ClN2OS. The number of halogens is 1. The van der Waals surface area contributed by atoms with Crippen LogP contribution in [0.5, 0.6) is 5.75 Å². The molecule has 2 aromatic rings. The smallest absolute Gasteiger partial charge is 0.140 e. The van der Waals surface area contributed by atoms with Crippen LogP contribution < -0.4 is 10.1 Å². The zero-order chi connectivity index (χ0) is 13.1. The molecule has 1 saturated carbocycles. The van der Waals surface area contributed by atoms with Crippen molar-refractivity contribution in [3.05, 3.63) is 45.4 Å². The Kier molecular flexibility index (Phi) is 4.01. The summed E-state index contributed by atoms with van der Waals surface area (Å²) in [6, 6.07) is 8.15. The summed E-state index contributed by atoms with van der Waals surface area (Å²) in [5.41, 5.74) is 0. The highest BCUT2D eigenvalue weighted by molar-refractivity contribution is 7.11. The Bertz CT molecular complexity index is 554. The molecule has 1 aromatic heterocycles. The Labute approximate surface area is 121 Å². The molecule has 1 N–H and O–H groups in total. The van der Waals surface area contributed by atoms with Gasteiger partial charge in [-0.25, -0.2) is 4.98 Å². The van der Waals surface area contributed by atoms with E-state index in [0.717, 1.165) is 23.3 Å². The summed E-state index contributed by atoms with van der Waals surface area (Å²) in [5.74, 6) is 0.778. The average Bonchev–Trinajstić information content (AvgIpc) is 3.13. The first-order chi connectivity index (χ1) is 9.29. The number of hydrogen-bond acceptors (Lipinski definition) is 4. The molecule has 0 bridgehead atoms. The Morgan fingerprint density at radius 2 is 2.32 bits per heavy atom. The van der Waals surface area contributed by atoms with E-state index in [4.69, 9.17) is 16.3 Å². The summed E-state index contributed by atoms with van der Waals surface area (Å²) in [5, 5.41) is 5.16. The molecule has 1 heterocycles. The molecule has 0 spiro atoms. The highest BCUT2D eigenvalue weighted by atomic mass is 35.5. The summed E-state index contributed by atoms with van der Waals surface area (Å²) >= 11 is 7.60. The molecule has 5 heteroatoms. The van der Waals surface area contributed by atoms with Crippen molar-refractivity contribution in [3.63, 3.8) is 0 Å². The van der Waals surface area contributed by atoms with Crippen molar-refractivity contribution in [1.29, 1.82) is 0 Å². The molecule has 3 rings (SSSR count). The van der Waals surface area contributed by atoms with Crippen molar-refractivity contribution in [2.24, 2.45) is 0 Å². The quantitative estimate of drug-likeness (QED) is 0.883. The van der Waals surface area contributed by atoms with Gasteiger partial charge in [0.05, 0.1) is 0 Å². The zero-order valence-corrected chi connectivity index (χ0v) is 12.0. The zero-order valence-electron chi connectivity index (χ0n) is 10.4. The van der Waals surface area contributed by atoms with E-state index in [0.29, 0.717) is 11.6 Å². The summed E-state index contributed by atoms with van der Waals surface area (Å²) in [6.07, 6.45) is 4.55. The van der Waals surface area contributed by atoms with Gasteiger partial charge in [-0.2, -0.15) is 0 Å². The monoisotopic (exact) mass is 294 g/mol. The van der Waals surface area contributed by atoms with E-state index in [9.17, 15) is 0 Å². The Balaban J connectivity index is 1.51. The number of hydrogen-bond donors (Lipinski definition) is 1. The van der Waals surface area contributed by atoms with Crippen LogP contribution in [0.1, 0.15) is 22.7 Å². The third-order valence-electron chi connectivity index (χ3n) is 2.90. The lowest BCUT2D eigenvalue weighted by Gasteiger charge is -2.03. The van der Waals surface area contributed by atoms with Crippen molar-refractivity contribution >= 4 is 22.9 Å². The van der Waals surface area contributed by atoms with Gasteiger partial charge in [0, 0.05) is 28.7 Å². The lowest BCUT2D eigenvalue weighted by Crippen LogP contribution is -2.14. The maximum absolute atomic E-state index is 5.91. The van der Waals surface area contributed by atoms with Crippen molar-refractivity contribution in [3.8, 4) is 5.75 Å². The fraction of sp³-hybridized carbons (Fsp3) is 0.357. The van der Waals surface area contributed by atoms with Crippen LogP contribution >= 0.6 is 22.9 Å². The van der Waals surface area contributed by atoms with Crippen molar-refractivity contribution in [1.82, 2.24) is 10.3 Å². The van der Waals surface area contributed by atoms with Gasteiger partial charge in [-0.05, 0) is 31.0 Å². The number of aromatic nitrogens is 1. The minimum absolute atomic E-state index is 0.494. The summed E-state index contributed by atoms with van der Waals surface area (Å²) in [6.45, 7) is 1.41. The molecular weight excluding hydrogens is 280 g/mol. The summed E-state index contributed by atoms with van der Waals surface area (Å²) < 4.78 is 5.67. The molecule has 0 atom stereocenters. The Hall–Kier alpha value is -1.10. The molecule has 1 aliphatic rings. The van der Waals surface area contributed by atoms with Crippen molar-refractivity contribution in [2.45, 2.75) is 32.0 Å². The standard InChI is InChI=1S/C14H15ClN2OS/c15-10-2-1-3-12(6-10)18-9-14-17-8-13(19-14)7-16-11-4-5-11/h1-3,6,8,11,16H,4-5,7,9H2. The second kappa shape index (κ2) is 5.90. The number of rotatable bonds is 6.